The molecular formula is C42H24O. The van der Waals surface area contributed by atoms with Gasteiger partial charge < -0.3 is 4.42 Å². The highest BCUT2D eigenvalue weighted by atomic mass is 16.3. The Kier molecular flexibility index (Phi) is 4.51. The Morgan fingerprint density at radius 1 is 0.302 bits per heavy atom. The van der Waals surface area contributed by atoms with Gasteiger partial charge in [-0.2, -0.15) is 0 Å². The highest BCUT2D eigenvalue weighted by molar-refractivity contribution is 6.16. The largest absolute Gasteiger partial charge is 0.456 e. The van der Waals surface area contributed by atoms with E-state index in [1.54, 1.807) is 0 Å². The molecule has 9 aromatic rings. The van der Waals surface area contributed by atoms with Crippen molar-refractivity contribution in [3.8, 4) is 44.5 Å². The summed E-state index contributed by atoms with van der Waals surface area (Å²) in [5.41, 5.74) is 11.9. The summed E-state index contributed by atoms with van der Waals surface area (Å²) < 4.78 is 6.32. The minimum absolute atomic E-state index is 0.915. The molecule has 0 unspecified atom stereocenters. The van der Waals surface area contributed by atoms with E-state index in [1.807, 2.05) is 0 Å². The Hall–Kier alpha value is -5.66. The zero-order valence-electron chi connectivity index (χ0n) is 23.3. The van der Waals surface area contributed by atoms with Crippen molar-refractivity contribution in [2.45, 2.75) is 0 Å². The van der Waals surface area contributed by atoms with Crippen molar-refractivity contribution in [3.63, 3.8) is 0 Å². The monoisotopic (exact) mass is 544 g/mol. The lowest BCUT2D eigenvalue weighted by atomic mass is 9.95. The number of fused-ring (bicyclic) bond motifs is 9. The average molecular weight is 545 g/mol. The molecule has 0 saturated carbocycles. The first-order valence-corrected chi connectivity index (χ1v) is 14.8. The van der Waals surface area contributed by atoms with Crippen molar-refractivity contribution in [1.29, 1.82) is 0 Å². The van der Waals surface area contributed by atoms with Crippen LogP contribution in [0.1, 0.15) is 0 Å². The van der Waals surface area contributed by atoms with E-state index < -0.39 is 0 Å². The molecule has 1 nitrogen and oxygen atoms in total. The molecule has 1 aliphatic carbocycles. The predicted molar refractivity (Wildman–Crippen MR) is 182 cm³/mol. The third kappa shape index (κ3) is 3.28. The molecule has 1 heterocycles. The van der Waals surface area contributed by atoms with E-state index in [9.17, 15) is 0 Å². The van der Waals surface area contributed by atoms with Crippen LogP contribution in [0.2, 0.25) is 0 Å². The fourth-order valence-electron chi connectivity index (χ4n) is 7.29. The highest BCUT2D eigenvalue weighted by Crippen LogP contribution is 2.48. The normalized spacial score (nSPS) is 12.2. The van der Waals surface area contributed by atoms with Gasteiger partial charge in [0.25, 0.3) is 0 Å². The molecule has 0 amide bonds. The lowest BCUT2D eigenvalue weighted by molar-refractivity contribution is 0.669. The summed E-state index contributed by atoms with van der Waals surface area (Å²) in [6, 6.07) is 53.2. The second kappa shape index (κ2) is 8.44. The standard InChI is InChI=1S/C42H24O/c1-2-8-32-25(5-1)11-12-26-13-14-28(21-36(26)32)30-16-19-40-38(23-30)39-24-31(17-20-41(39)43-40)29-15-18-33-34-9-3-6-27-7-4-10-35(42(27)34)37(33)22-29/h1-24H. The summed E-state index contributed by atoms with van der Waals surface area (Å²) in [7, 11) is 0. The van der Waals surface area contributed by atoms with E-state index in [2.05, 4.69) is 146 Å². The molecule has 43 heavy (non-hydrogen) atoms. The minimum Gasteiger partial charge on any atom is -0.456 e. The molecule has 1 aliphatic rings. The van der Waals surface area contributed by atoms with Crippen LogP contribution in [0, 0.1) is 0 Å². The van der Waals surface area contributed by atoms with E-state index in [0.29, 0.717) is 0 Å². The Labute approximate surface area is 248 Å². The van der Waals surface area contributed by atoms with Gasteiger partial charge in [-0.15, -0.1) is 0 Å². The molecule has 0 N–H and O–H groups in total. The number of hydrogen-bond donors (Lipinski definition) is 0. The quantitative estimate of drug-likeness (QED) is 0.197. The summed E-state index contributed by atoms with van der Waals surface area (Å²) in [6.45, 7) is 0. The zero-order valence-corrected chi connectivity index (χ0v) is 23.3. The molecule has 0 spiro atoms. The van der Waals surface area contributed by atoms with Gasteiger partial charge in [-0.05, 0) is 113 Å². The van der Waals surface area contributed by atoms with Crippen LogP contribution in [-0.4, -0.2) is 0 Å². The lowest BCUT2D eigenvalue weighted by Crippen LogP contribution is -1.82. The van der Waals surface area contributed by atoms with Gasteiger partial charge in [-0.1, -0.05) is 109 Å². The van der Waals surface area contributed by atoms with Crippen LogP contribution in [0.3, 0.4) is 0 Å². The van der Waals surface area contributed by atoms with Crippen LogP contribution in [-0.2, 0) is 0 Å². The Balaban J connectivity index is 1.11. The molecule has 0 radical (unpaired) electrons. The number of benzene rings is 8. The van der Waals surface area contributed by atoms with Crippen LogP contribution >= 0.6 is 0 Å². The van der Waals surface area contributed by atoms with Crippen molar-refractivity contribution >= 4 is 54.3 Å². The molecular weight excluding hydrogens is 520 g/mol. The number of rotatable bonds is 2. The van der Waals surface area contributed by atoms with Gasteiger partial charge in [0.15, 0.2) is 0 Å². The Morgan fingerprint density at radius 3 is 1.58 bits per heavy atom. The molecule has 10 rings (SSSR count). The topological polar surface area (TPSA) is 13.1 Å². The van der Waals surface area contributed by atoms with Gasteiger partial charge in [0, 0.05) is 10.8 Å². The van der Waals surface area contributed by atoms with E-state index in [4.69, 9.17) is 4.42 Å². The fourth-order valence-corrected chi connectivity index (χ4v) is 7.29. The van der Waals surface area contributed by atoms with Gasteiger partial charge in [0.1, 0.15) is 11.2 Å². The van der Waals surface area contributed by atoms with Gasteiger partial charge in [0.05, 0.1) is 0 Å². The van der Waals surface area contributed by atoms with Crippen LogP contribution in [0.5, 0.6) is 0 Å². The highest BCUT2D eigenvalue weighted by Gasteiger charge is 2.21. The molecule has 1 heteroatoms. The molecule has 0 saturated heterocycles. The molecule has 0 bridgehead atoms. The summed E-state index contributed by atoms with van der Waals surface area (Å²) >= 11 is 0. The van der Waals surface area contributed by atoms with E-state index >= 15 is 0 Å². The molecule has 0 aliphatic heterocycles. The van der Waals surface area contributed by atoms with Crippen LogP contribution in [0.15, 0.2) is 150 Å². The average Bonchev–Trinajstić information content (AvgIpc) is 3.60. The van der Waals surface area contributed by atoms with Crippen LogP contribution in [0.25, 0.3) is 98.8 Å². The summed E-state index contributed by atoms with van der Waals surface area (Å²) in [5, 5.41) is 10.0. The van der Waals surface area contributed by atoms with E-state index in [1.165, 1.54) is 76.8 Å². The van der Waals surface area contributed by atoms with E-state index in [0.717, 1.165) is 21.9 Å². The zero-order chi connectivity index (χ0) is 28.1. The Morgan fingerprint density at radius 2 is 0.837 bits per heavy atom. The third-order valence-corrected chi connectivity index (χ3v) is 9.39. The van der Waals surface area contributed by atoms with Crippen molar-refractivity contribution in [2.24, 2.45) is 0 Å². The van der Waals surface area contributed by atoms with Gasteiger partial charge >= 0.3 is 0 Å². The molecule has 198 valence electrons. The number of furan rings is 1. The maximum absolute atomic E-state index is 6.32. The van der Waals surface area contributed by atoms with Gasteiger partial charge in [0.2, 0.25) is 0 Å². The smallest absolute Gasteiger partial charge is 0.135 e. The molecule has 0 fully saturated rings. The molecule has 8 aromatic carbocycles. The SMILES string of the molecule is c1cc2c3c(cccc3c1)-c1cc(-c3ccc4oc5ccc(-c6ccc7ccc8ccccc8c7c6)cc5c4c3)ccc1-2. The van der Waals surface area contributed by atoms with Crippen molar-refractivity contribution < 1.29 is 4.42 Å². The fraction of sp³-hybridized carbons (Fsp3) is 0. The second-order valence-corrected chi connectivity index (χ2v) is 11.7. The molecule has 0 atom stereocenters. The molecule has 1 aromatic heterocycles. The summed E-state index contributed by atoms with van der Waals surface area (Å²) in [4.78, 5) is 0. The van der Waals surface area contributed by atoms with E-state index in [-0.39, 0.29) is 0 Å². The lowest BCUT2D eigenvalue weighted by Gasteiger charge is -2.08. The van der Waals surface area contributed by atoms with Crippen molar-refractivity contribution in [2.75, 3.05) is 0 Å². The maximum Gasteiger partial charge on any atom is 0.135 e. The first-order chi connectivity index (χ1) is 21.3. The second-order valence-electron chi connectivity index (χ2n) is 11.7. The summed E-state index contributed by atoms with van der Waals surface area (Å²) in [6.07, 6.45) is 0. The first kappa shape index (κ1) is 23.0. The maximum atomic E-state index is 6.32. The van der Waals surface area contributed by atoms with Crippen molar-refractivity contribution in [3.05, 3.63) is 146 Å². The van der Waals surface area contributed by atoms with Crippen LogP contribution < -0.4 is 0 Å². The Bertz CT molecular complexity index is 2610. The number of hydrogen-bond acceptors (Lipinski definition) is 1. The van der Waals surface area contributed by atoms with Crippen LogP contribution in [0.4, 0.5) is 0 Å². The van der Waals surface area contributed by atoms with Crippen molar-refractivity contribution in [1.82, 2.24) is 0 Å². The third-order valence-electron chi connectivity index (χ3n) is 9.39. The minimum atomic E-state index is 0.915. The predicted octanol–water partition coefficient (Wildman–Crippen LogP) is 12.0. The summed E-state index contributed by atoms with van der Waals surface area (Å²) in [5.74, 6) is 0. The first-order valence-electron chi connectivity index (χ1n) is 14.8. The van der Waals surface area contributed by atoms with Gasteiger partial charge in [-0.25, -0.2) is 0 Å². The van der Waals surface area contributed by atoms with Gasteiger partial charge in [-0.3, -0.25) is 0 Å².